The largest absolute Gasteiger partial charge is 0.0527 e. The molecule has 0 amide bonds. The first-order valence-electron chi connectivity index (χ1n) is 7.33. The monoisotopic (exact) mass is 204 g/mol. The summed E-state index contributed by atoms with van der Waals surface area (Å²) in [5.41, 5.74) is 2.65. The average Bonchev–Trinajstić information content (AvgIpc) is 2.72. The summed E-state index contributed by atoms with van der Waals surface area (Å²) in [5, 5.41) is 0. The van der Waals surface area contributed by atoms with Crippen LogP contribution in [0.15, 0.2) is 0 Å². The highest BCUT2D eigenvalue weighted by molar-refractivity contribution is 5.20. The number of hydrogen-bond acceptors (Lipinski definition) is 0. The predicted molar refractivity (Wildman–Crippen MR) is 62.7 cm³/mol. The molecule has 0 N–H and O–H groups in total. The van der Waals surface area contributed by atoms with Crippen LogP contribution in [0.1, 0.15) is 77.0 Å². The minimum Gasteiger partial charge on any atom is -0.0527 e. The third kappa shape index (κ3) is 0.806. The lowest BCUT2D eigenvalue weighted by molar-refractivity contribution is -0.198. The van der Waals surface area contributed by atoms with Crippen molar-refractivity contribution in [1.29, 1.82) is 0 Å². The smallest absolute Gasteiger partial charge is 0.0184 e. The Morgan fingerprint density at radius 3 is 1.47 bits per heavy atom. The zero-order valence-electron chi connectivity index (χ0n) is 9.99. The molecule has 4 aliphatic rings. The van der Waals surface area contributed by atoms with Crippen LogP contribution in [-0.2, 0) is 0 Å². The standard InChI is InChI=1S/C15H24/c1-2-6-13(5-1)9-4-10-15(13)12-11-14(15)7-3-8-14/h1-12H2/t15-/m1/s1. The van der Waals surface area contributed by atoms with E-state index in [4.69, 9.17) is 0 Å². The molecule has 0 aliphatic heterocycles. The van der Waals surface area contributed by atoms with Crippen LogP contribution in [0.2, 0.25) is 0 Å². The van der Waals surface area contributed by atoms with Crippen LogP contribution in [0, 0.1) is 16.2 Å². The molecule has 3 spiro atoms. The molecule has 0 bridgehead atoms. The normalized spacial score (nSPS) is 44.8. The molecular weight excluding hydrogens is 180 g/mol. The maximum atomic E-state index is 1.62. The highest BCUT2D eigenvalue weighted by Crippen LogP contribution is 2.80. The Bertz CT molecular complexity index is 269. The van der Waals surface area contributed by atoms with Gasteiger partial charge >= 0.3 is 0 Å². The Balaban J connectivity index is 1.74. The van der Waals surface area contributed by atoms with Crippen LogP contribution in [-0.4, -0.2) is 0 Å². The van der Waals surface area contributed by atoms with E-state index in [-0.39, 0.29) is 0 Å². The first-order chi connectivity index (χ1) is 7.33. The van der Waals surface area contributed by atoms with E-state index in [0.717, 1.165) is 16.2 Å². The van der Waals surface area contributed by atoms with Crippen molar-refractivity contribution in [2.45, 2.75) is 77.0 Å². The fourth-order valence-electron chi connectivity index (χ4n) is 6.34. The SMILES string of the molecule is C1CCC2(C1)CCC[C@@]21CCC12CCC2. The number of fused-ring (bicyclic) bond motifs is 2. The highest BCUT2D eigenvalue weighted by Gasteiger charge is 2.70. The molecule has 0 aromatic rings. The van der Waals surface area contributed by atoms with Crippen molar-refractivity contribution in [3.05, 3.63) is 0 Å². The van der Waals surface area contributed by atoms with E-state index in [9.17, 15) is 0 Å². The fraction of sp³-hybridized carbons (Fsp3) is 1.00. The summed E-state index contributed by atoms with van der Waals surface area (Å²) in [7, 11) is 0. The summed E-state index contributed by atoms with van der Waals surface area (Å²) >= 11 is 0. The Morgan fingerprint density at radius 1 is 0.400 bits per heavy atom. The molecule has 15 heavy (non-hydrogen) atoms. The van der Waals surface area contributed by atoms with Gasteiger partial charge in [-0.2, -0.15) is 0 Å². The maximum absolute atomic E-state index is 1.62. The lowest BCUT2D eigenvalue weighted by Crippen LogP contribution is -2.60. The van der Waals surface area contributed by atoms with Gasteiger partial charge in [-0.05, 0) is 67.6 Å². The van der Waals surface area contributed by atoms with E-state index >= 15 is 0 Å². The van der Waals surface area contributed by atoms with E-state index in [1.165, 1.54) is 0 Å². The summed E-state index contributed by atoms with van der Waals surface area (Å²) in [4.78, 5) is 0. The number of rotatable bonds is 0. The molecule has 4 saturated carbocycles. The van der Waals surface area contributed by atoms with Crippen molar-refractivity contribution in [3.63, 3.8) is 0 Å². The Morgan fingerprint density at radius 2 is 0.933 bits per heavy atom. The molecule has 84 valence electrons. The molecular formula is C15H24. The summed E-state index contributed by atoms with van der Waals surface area (Å²) < 4.78 is 0. The molecule has 0 saturated heterocycles. The Hall–Kier alpha value is 0. The number of hydrogen-bond donors (Lipinski definition) is 0. The van der Waals surface area contributed by atoms with Gasteiger partial charge in [0.1, 0.15) is 0 Å². The van der Waals surface area contributed by atoms with E-state index in [1.54, 1.807) is 77.0 Å². The minimum atomic E-state index is 0.867. The topological polar surface area (TPSA) is 0 Å². The molecule has 0 nitrogen and oxygen atoms in total. The molecule has 0 aromatic carbocycles. The van der Waals surface area contributed by atoms with Gasteiger partial charge < -0.3 is 0 Å². The zero-order valence-corrected chi connectivity index (χ0v) is 9.99. The van der Waals surface area contributed by atoms with Crippen molar-refractivity contribution >= 4 is 0 Å². The second-order valence-electron chi connectivity index (χ2n) is 7.06. The van der Waals surface area contributed by atoms with Gasteiger partial charge in [0.2, 0.25) is 0 Å². The quantitative estimate of drug-likeness (QED) is 0.537. The molecule has 0 radical (unpaired) electrons. The Kier molecular flexibility index (Phi) is 1.59. The van der Waals surface area contributed by atoms with Gasteiger partial charge in [-0.15, -0.1) is 0 Å². The minimum absolute atomic E-state index is 0.867. The van der Waals surface area contributed by atoms with Crippen LogP contribution < -0.4 is 0 Å². The van der Waals surface area contributed by atoms with Crippen LogP contribution in [0.5, 0.6) is 0 Å². The van der Waals surface area contributed by atoms with Gasteiger partial charge in [0.25, 0.3) is 0 Å². The first kappa shape index (κ1) is 9.07. The second kappa shape index (κ2) is 2.63. The van der Waals surface area contributed by atoms with Gasteiger partial charge in [0, 0.05) is 0 Å². The maximum Gasteiger partial charge on any atom is -0.0184 e. The Labute approximate surface area is 93.8 Å². The molecule has 4 rings (SSSR count). The van der Waals surface area contributed by atoms with E-state index in [1.807, 2.05) is 0 Å². The van der Waals surface area contributed by atoms with Gasteiger partial charge in [-0.3, -0.25) is 0 Å². The first-order valence-corrected chi connectivity index (χ1v) is 7.33. The van der Waals surface area contributed by atoms with Gasteiger partial charge in [0.05, 0.1) is 0 Å². The van der Waals surface area contributed by atoms with E-state index in [2.05, 4.69) is 0 Å². The molecule has 0 aromatic heterocycles. The molecule has 0 heterocycles. The van der Waals surface area contributed by atoms with Gasteiger partial charge in [-0.25, -0.2) is 0 Å². The summed E-state index contributed by atoms with van der Waals surface area (Å²) in [6, 6.07) is 0. The lowest BCUT2D eigenvalue weighted by atomic mass is 9.35. The summed E-state index contributed by atoms with van der Waals surface area (Å²) in [6.45, 7) is 0. The summed E-state index contributed by atoms with van der Waals surface area (Å²) in [5.74, 6) is 0. The third-order valence-corrected chi connectivity index (χ3v) is 7.19. The molecule has 0 unspecified atom stereocenters. The van der Waals surface area contributed by atoms with Crippen molar-refractivity contribution in [3.8, 4) is 0 Å². The predicted octanol–water partition coefficient (Wildman–Crippen LogP) is 4.68. The van der Waals surface area contributed by atoms with Crippen molar-refractivity contribution in [1.82, 2.24) is 0 Å². The second-order valence-corrected chi connectivity index (χ2v) is 7.06. The van der Waals surface area contributed by atoms with Crippen LogP contribution in [0.3, 0.4) is 0 Å². The fourth-order valence-corrected chi connectivity index (χ4v) is 6.34. The molecule has 4 fully saturated rings. The van der Waals surface area contributed by atoms with Gasteiger partial charge in [0.15, 0.2) is 0 Å². The van der Waals surface area contributed by atoms with E-state index in [0.29, 0.717) is 0 Å². The van der Waals surface area contributed by atoms with Crippen molar-refractivity contribution < 1.29 is 0 Å². The average molecular weight is 204 g/mol. The molecule has 1 atom stereocenters. The lowest BCUT2D eigenvalue weighted by Gasteiger charge is -2.69. The van der Waals surface area contributed by atoms with E-state index < -0.39 is 0 Å². The van der Waals surface area contributed by atoms with Crippen LogP contribution >= 0.6 is 0 Å². The third-order valence-electron chi connectivity index (χ3n) is 7.19. The highest BCUT2D eigenvalue weighted by atomic mass is 14.7. The molecule has 4 aliphatic carbocycles. The zero-order chi connectivity index (χ0) is 9.99. The van der Waals surface area contributed by atoms with Gasteiger partial charge in [-0.1, -0.05) is 25.7 Å². The van der Waals surface area contributed by atoms with Crippen LogP contribution in [0.25, 0.3) is 0 Å². The van der Waals surface area contributed by atoms with Crippen molar-refractivity contribution in [2.75, 3.05) is 0 Å². The summed E-state index contributed by atoms with van der Waals surface area (Å²) in [6.07, 6.45) is 19.1. The molecule has 0 heteroatoms. The van der Waals surface area contributed by atoms with Crippen LogP contribution in [0.4, 0.5) is 0 Å². The van der Waals surface area contributed by atoms with Crippen molar-refractivity contribution in [2.24, 2.45) is 16.2 Å².